The zero-order valence-corrected chi connectivity index (χ0v) is 7.80. The van der Waals surface area contributed by atoms with Gasteiger partial charge in [-0.1, -0.05) is 0 Å². The van der Waals surface area contributed by atoms with Gasteiger partial charge in [-0.25, -0.2) is 4.79 Å². The summed E-state index contributed by atoms with van der Waals surface area (Å²) < 4.78 is 5.61. The summed E-state index contributed by atoms with van der Waals surface area (Å²) in [5, 5.41) is 0. The van der Waals surface area contributed by atoms with Crippen molar-refractivity contribution in [3.05, 3.63) is 29.3 Å². The van der Waals surface area contributed by atoms with Crippen LogP contribution in [-0.4, -0.2) is 18.1 Å². The molecule has 0 aliphatic rings. The Balaban J connectivity index is 2.56. The van der Waals surface area contributed by atoms with Crippen LogP contribution in [-0.2, 0) is 4.74 Å². The van der Waals surface area contributed by atoms with E-state index in [0.29, 0.717) is 4.88 Å². The van der Waals surface area contributed by atoms with Gasteiger partial charge in [0.1, 0.15) is 4.88 Å². The van der Waals surface area contributed by atoms with Crippen LogP contribution in [0.25, 0.3) is 10.2 Å². The minimum Gasteiger partial charge on any atom is -0.465 e. The Hall–Kier alpha value is -1.42. The largest absolute Gasteiger partial charge is 0.465 e. The van der Waals surface area contributed by atoms with E-state index in [1.54, 1.807) is 12.3 Å². The fourth-order valence-corrected chi connectivity index (χ4v) is 2.01. The molecule has 0 spiro atoms. The maximum absolute atomic E-state index is 11.1. The van der Waals surface area contributed by atoms with Crippen LogP contribution in [0.1, 0.15) is 9.67 Å². The molecular formula is C9H7NO2S. The standard InChI is InChI=1S/C9H7NO2S/c1-12-9(11)8-5-6-7(13-8)3-2-4-10-6/h2-5H,1H3. The number of pyridine rings is 1. The number of fused-ring (bicyclic) bond motifs is 1. The van der Waals surface area contributed by atoms with Crippen LogP contribution in [0, 0.1) is 0 Å². The first-order valence-corrected chi connectivity index (χ1v) is 4.56. The second kappa shape index (κ2) is 3.14. The molecule has 0 aliphatic carbocycles. The molecule has 0 N–H and O–H groups in total. The number of esters is 1. The zero-order chi connectivity index (χ0) is 9.26. The van der Waals surface area contributed by atoms with Crippen molar-refractivity contribution in [2.45, 2.75) is 0 Å². The second-order valence-corrected chi connectivity index (χ2v) is 3.57. The van der Waals surface area contributed by atoms with Crippen LogP contribution in [0.3, 0.4) is 0 Å². The summed E-state index contributed by atoms with van der Waals surface area (Å²) in [6.07, 6.45) is 1.70. The number of aromatic nitrogens is 1. The molecule has 0 radical (unpaired) electrons. The normalized spacial score (nSPS) is 10.2. The predicted molar refractivity (Wildman–Crippen MR) is 51.0 cm³/mol. The number of ether oxygens (including phenoxy) is 1. The van der Waals surface area contributed by atoms with Crippen molar-refractivity contribution in [2.24, 2.45) is 0 Å². The number of carbonyl (C=O) groups is 1. The molecule has 2 heterocycles. The van der Waals surface area contributed by atoms with Gasteiger partial charge < -0.3 is 4.74 Å². The van der Waals surface area contributed by atoms with Gasteiger partial charge in [0.05, 0.1) is 17.3 Å². The predicted octanol–water partition coefficient (Wildman–Crippen LogP) is 2.08. The van der Waals surface area contributed by atoms with E-state index in [9.17, 15) is 4.79 Å². The minimum absolute atomic E-state index is 0.303. The highest BCUT2D eigenvalue weighted by Crippen LogP contribution is 2.23. The summed E-state index contributed by atoms with van der Waals surface area (Å²) in [6.45, 7) is 0. The van der Waals surface area contributed by atoms with Crippen molar-refractivity contribution < 1.29 is 9.53 Å². The molecule has 2 rings (SSSR count). The molecule has 3 nitrogen and oxygen atoms in total. The number of carbonyl (C=O) groups excluding carboxylic acids is 1. The first kappa shape index (κ1) is 8.19. The number of thiophene rings is 1. The van der Waals surface area contributed by atoms with Crippen molar-refractivity contribution >= 4 is 27.5 Å². The van der Waals surface area contributed by atoms with Crippen molar-refractivity contribution in [2.75, 3.05) is 7.11 Å². The van der Waals surface area contributed by atoms with E-state index >= 15 is 0 Å². The van der Waals surface area contributed by atoms with E-state index in [4.69, 9.17) is 0 Å². The number of nitrogens with zero attached hydrogens (tertiary/aromatic N) is 1. The Labute approximate surface area is 79.0 Å². The molecule has 0 saturated heterocycles. The maximum atomic E-state index is 11.1. The Kier molecular flexibility index (Phi) is 1.98. The molecule has 0 saturated carbocycles. The molecule has 4 heteroatoms. The third-order valence-corrected chi connectivity index (χ3v) is 2.74. The van der Waals surface area contributed by atoms with Gasteiger partial charge in [-0.3, -0.25) is 4.98 Å². The number of hydrogen-bond acceptors (Lipinski definition) is 4. The van der Waals surface area contributed by atoms with E-state index in [0.717, 1.165) is 10.2 Å². The molecule has 0 bridgehead atoms. The maximum Gasteiger partial charge on any atom is 0.348 e. The highest BCUT2D eigenvalue weighted by atomic mass is 32.1. The van der Waals surface area contributed by atoms with Gasteiger partial charge in [0.25, 0.3) is 0 Å². The highest BCUT2D eigenvalue weighted by molar-refractivity contribution is 7.20. The lowest BCUT2D eigenvalue weighted by atomic mass is 10.4. The van der Waals surface area contributed by atoms with Crippen LogP contribution in [0.4, 0.5) is 0 Å². The minimum atomic E-state index is -0.303. The topological polar surface area (TPSA) is 39.2 Å². The average molecular weight is 193 g/mol. The smallest absolute Gasteiger partial charge is 0.348 e. The van der Waals surface area contributed by atoms with Crippen LogP contribution in [0.15, 0.2) is 24.4 Å². The van der Waals surface area contributed by atoms with Crippen molar-refractivity contribution in [1.82, 2.24) is 4.98 Å². The first-order valence-electron chi connectivity index (χ1n) is 3.74. The molecule has 0 atom stereocenters. The Morgan fingerprint density at radius 3 is 3.15 bits per heavy atom. The molecule has 0 amide bonds. The lowest BCUT2D eigenvalue weighted by Gasteiger charge is -1.90. The van der Waals surface area contributed by atoms with Gasteiger partial charge in [0, 0.05) is 6.20 Å². The Morgan fingerprint density at radius 2 is 2.46 bits per heavy atom. The summed E-state index contributed by atoms with van der Waals surface area (Å²) in [5.41, 5.74) is 0.841. The first-order chi connectivity index (χ1) is 6.31. The third-order valence-electron chi connectivity index (χ3n) is 1.67. The molecule has 2 aromatic rings. The van der Waals surface area contributed by atoms with Crippen LogP contribution in [0.5, 0.6) is 0 Å². The Bertz CT molecular complexity index is 417. The molecular weight excluding hydrogens is 186 g/mol. The number of methoxy groups -OCH3 is 1. The quantitative estimate of drug-likeness (QED) is 0.651. The fraction of sp³-hybridized carbons (Fsp3) is 0.111. The van der Waals surface area contributed by atoms with Crippen LogP contribution in [0.2, 0.25) is 0 Å². The number of hydrogen-bond donors (Lipinski definition) is 0. The van der Waals surface area contributed by atoms with E-state index in [-0.39, 0.29) is 5.97 Å². The summed E-state index contributed by atoms with van der Waals surface area (Å²) in [7, 11) is 1.38. The zero-order valence-electron chi connectivity index (χ0n) is 6.98. The van der Waals surface area contributed by atoms with Crippen LogP contribution >= 0.6 is 11.3 Å². The molecule has 2 aromatic heterocycles. The van der Waals surface area contributed by atoms with Gasteiger partial charge in [-0.2, -0.15) is 0 Å². The molecule has 0 unspecified atom stereocenters. The summed E-state index contributed by atoms with van der Waals surface area (Å²) in [6, 6.07) is 5.52. The number of rotatable bonds is 1. The van der Waals surface area contributed by atoms with Crippen molar-refractivity contribution in [3.63, 3.8) is 0 Å². The Morgan fingerprint density at radius 1 is 1.62 bits per heavy atom. The molecule has 0 aliphatic heterocycles. The van der Waals surface area contributed by atoms with Crippen LogP contribution < -0.4 is 0 Å². The lowest BCUT2D eigenvalue weighted by Crippen LogP contribution is -1.96. The van der Waals surface area contributed by atoms with E-state index in [1.165, 1.54) is 18.4 Å². The van der Waals surface area contributed by atoms with Crippen molar-refractivity contribution in [3.8, 4) is 0 Å². The molecule has 13 heavy (non-hydrogen) atoms. The molecule has 0 aromatic carbocycles. The van der Waals surface area contributed by atoms with Gasteiger partial charge in [-0.05, 0) is 18.2 Å². The lowest BCUT2D eigenvalue weighted by molar-refractivity contribution is 0.0606. The molecule has 66 valence electrons. The highest BCUT2D eigenvalue weighted by Gasteiger charge is 2.09. The fourth-order valence-electron chi connectivity index (χ4n) is 1.07. The second-order valence-electron chi connectivity index (χ2n) is 2.49. The monoisotopic (exact) mass is 193 g/mol. The van der Waals surface area contributed by atoms with Gasteiger partial charge in [0.2, 0.25) is 0 Å². The summed E-state index contributed by atoms with van der Waals surface area (Å²) in [4.78, 5) is 15.9. The van der Waals surface area contributed by atoms with E-state index < -0.39 is 0 Å². The summed E-state index contributed by atoms with van der Waals surface area (Å²) in [5.74, 6) is -0.303. The van der Waals surface area contributed by atoms with E-state index in [1.807, 2.05) is 12.1 Å². The average Bonchev–Trinajstić information content (AvgIpc) is 2.59. The van der Waals surface area contributed by atoms with E-state index in [2.05, 4.69) is 9.72 Å². The third kappa shape index (κ3) is 1.40. The van der Waals surface area contributed by atoms with Gasteiger partial charge in [0.15, 0.2) is 0 Å². The summed E-state index contributed by atoms with van der Waals surface area (Å²) >= 11 is 1.39. The molecule has 0 fully saturated rings. The SMILES string of the molecule is COC(=O)c1cc2ncccc2s1. The van der Waals surface area contributed by atoms with Crippen molar-refractivity contribution in [1.29, 1.82) is 0 Å². The van der Waals surface area contributed by atoms with Gasteiger partial charge >= 0.3 is 5.97 Å². The van der Waals surface area contributed by atoms with Gasteiger partial charge in [-0.15, -0.1) is 11.3 Å².